The molecule has 0 spiro atoms. The molecular formula is C33H40N2O6. The van der Waals surface area contributed by atoms with Crippen LogP contribution in [0.3, 0.4) is 0 Å². The highest BCUT2D eigenvalue weighted by Gasteiger charge is 2.21. The molecule has 8 heteroatoms. The molecule has 3 aromatic rings. The van der Waals surface area contributed by atoms with Gasteiger partial charge in [0.05, 0.1) is 19.6 Å². The molecule has 0 aliphatic carbocycles. The SMILES string of the molecule is CCOC(=O)C(Cc1ccc(OCCNC(=O)c2ccc(-c3ccccc3)cc2)cc1)NCCC(=O)OC(C)(C)C. The van der Waals surface area contributed by atoms with E-state index in [9.17, 15) is 14.4 Å². The summed E-state index contributed by atoms with van der Waals surface area (Å²) in [4.78, 5) is 37.0. The number of carbonyl (C=O) groups is 3. The Hall–Kier alpha value is -4.17. The molecule has 1 unspecified atom stereocenters. The molecule has 0 aromatic heterocycles. The van der Waals surface area contributed by atoms with Crippen LogP contribution >= 0.6 is 0 Å². The van der Waals surface area contributed by atoms with Crippen molar-refractivity contribution in [1.29, 1.82) is 0 Å². The maximum absolute atomic E-state index is 12.5. The lowest BCUT2D eigenvalue weighted by Crippen LogP contribution is -2.41. The fraction of sp³-hybridized carbons (Fsp3) is 0.364. The Labute approximate surface area is 242 Å². The zero-order valence-electron chi connectivity index (χ0n) is 24.3. The lowest BCUT2D eigenvalue weighted by Gasteiger charge is -2.21. The predicted molar refractivity (Wildman–Crippen MR) is 159 cm³/mol. The molecule has 0 saturated carbocycles. The van der Waals surface area contributed by atoms with E-state index in [0.717, 1.165) is 16.7 Å². The molecule has 0 aliphatic heterocycles. The normalized spacial score (nSPS) is 11.8. The molecule has 3 aromatic carbocycles. The molecule has 1 amide bonds. The molecule has 0 bridgehead atoms. The third-order valence-corrected chi connectivity index (χ3v) is 5.98. The van der Waals surface area contributed by atoms with Crippen LogP contribution in [0.15, 0.2) is 78.9 Å². The zero-order valence-corrected chi connectivity index (χ0v) is 24.3. The molecule has 41 heavy (non-hydrogen) atoms. The number of rotatable bonds is 14. The van der Waals surface area contributed by atoms with Gasteiger partial charge in [-0.1, -0.05) is 54.6 Å². The Balaban J connectivity index is 1.43. The van der Waals surface area contributed by atoms with Crippen LogP contribution in [0.25, 0.3) is 11.1 Å². The lowest BCUT2D eigenvalue weighted by molar-refractivity contribution is -0.155. The second-order valence-electron chi connectivity index (χ2n) is 10.5. The van der Waals surface area contributed by atoms with Crippen LogP contribution in [0.2, 0.25) is 0 Å². The monoisotopic (exact) mass is 560 g/mol. The van der Waals surface area contributed by atoms with E-state index >= 15 is 0 Å². The quantitative estimate of drug-likeness (QED) is 0.212. The molecule has 0 radical (unpaired) electrons. The van der Waals surface area contributed by atoms with E-state index in [1.165, 1.54) is 0 Å². The van der Waals surface area contributed by atoms with E-state index in [2.05, 4.69) is 10.6 Å². The third-order valence-electron chi connectivity index (χ3n) is 5.98. The molecule has 2 N–H and O–H groups in total. The topological polar surface area (TPSA) is 103 Å². The number of benzene rings is 3. The number of hydrogen-bond donors (Lipinski definition) is 2. The van der Waals surface area contributed by atoms with Gasteiger partial charge >= 0.3 is 11.9 Å². The van der Waals surface area contributed by atoms with Crippen LogP contribution in [0.4, 0.5) is 0 Å². The summed E-state index contributed by atoms with van der Waals surface area (Å²) < 4.78 is 16.3. The first-order chi connectivity index (χ1) is 19.6. The van der Waals surface area contributed by atoms with Crippen molar-refractivity contribution in [3.05, 3.63) is 90.0 Å². The Morgan fingerprint density at radius 2 is 1.49 bits per heavy atom. The van der Waals surface area contributed by atoms with Crippen molar-refractivity contribution in [3.8, 4) is 16.9 Å². The second-order valence-corrected chi connectivity index (χ2v) is 10.5. The number of amides is 1. The van der Waals surface area contributed by atoms with Crippen molar-refractivity contribution in [1.82, 2.24) is 10.6 Å². The van der Waals surface area contributed by atoms with Crippen LogP contribution in [-0.2, 0) is 25.5 Å². The zero-order chi connectivity index (χ0) is 29.7. The average Bonchev–Trinajstić information content (AvgIpc) is 2.95. The third kappa shape index (κ3) is 11.1. The van der Waals surface area contributed by atoms with Gasteiger partial charge in [0, 0.05) is 12.1 Å². The van der Waals surface area contributed by atoms with Crippen molar-refractivity contribution >= 4 is 17.8 Å². The van der Waals surface area contributed by atoms with Crippen molar-refractivity contribution in [2.45, 2.75) is 52.2 Å². The Bertz CT molecular complexity index is 1250. The lowest BCUT2D eigenvalue weighted by atomic mass is 10.0. The van der Waals surface area contributed by atoms with Crippen LogP contribution in [0, 0.1) is 0 Å². The molecule has 3 rings (SSSR count). The average molecular weight is 561 g/mol. The van der Waals surface area contributed by atoms with Crippen molar-refractivity contribution in [2.24, 2.45) is 0 Å². The molecule has 8 nitrogen and oxygen atoms in total. The largest absolute Gasteiger partial charge is 0.492 e. The fourth-order valence-electron chi connectivity index (χ4n) is 4.06. The first kappa shape index (κ1) is 31.4. The van der Waals surface area contributed by atoms with Gasteiger partial charge in [-0.05, 0) is 75.1 Å². The Kier molecular flexibility index (Phi) is 11.9. The summed E-state index contributed by atoms with van der Waals surface area (Å²) in [6.45, 7) is 8.43. The molecule has 0 fully saturated rings. The van der Waals surface area contributed by atoms with E-state index in [-0.39, 0.29) is 30.9 Å². The fourth-order valence-corrected chi connectivity index (χ4v) is 4.06. The summed E-state index contributed by atoms with van der Waals surface area (Å²) in [5.74, 6) is -0.206. The van der Waals surface area contributed by atoms with Gasteiger partial charge in [0.25, 0.3) is 5.91 Å². The molecule has 0 aliphatic rings. The standard InChI is InChI=1S/C33H40N2O6/c1-5-39-32(38)29(34-20-19-30(36)41-33(2,3)4)23-24-11-17-28(18-12-24)40-22-21-35-31(37)27-15-13-26(14-16-27)25-9-7-6-8-10-25/h6-18,29,34H,5,19-23H2,1-4H3,(H,35,37). The minimum atomic E-state index is -0.596. The predicted octanol–water partition coefficient (Wildman–Crippen LogP) is 4.96. The van der Waals surface area contributed by atoms with Crippen LogP contribution in [0.5, 0.6) is 5.75 Å². The van der Waals surface area contributed by atoms with Gasteiger partial charge in [0.15, 0.2) is 0 Å². The minimum Gasteiger partial charge on any atom is -0.492 e. The van der Waals surface area contributed by atoms with E-state index in [4.69, 9.17) is 14.2 Å². The van der Waals surface area contributed by atoms with Crippen LogP contribution < -0.4 is 15.4 Å². The van der Waals surface area contributed by atoms with Gasteiger partial charge in [0.2, 0.25) is 0 Å². The summed E-state index contributed by atoms with van der Waals surface area (Å²) in [7, 11) is 0. The van der Waals surface area contributed by atoms with E-state index in [0.29, 0.717) is 37.4 Å². The number of ether oxygens (including phenoxy) is 3. The smallest absolute Gasteiger partial charge is 0.323 e. The van der Waals surface area contributed by atoms with Crippen LogP contribution in [-0.4, -0.2) is 55.8 Å². The second kappa shape index (κ2) is 15.6. The molecule has 0 saturated heterocycles. The Morgan fingerprint density at radius 1 is 0.829 bits per heavy atom. The van der Waals surface area contributed by atoms with Crippen molar-refractivity contribution in [2.75, 3.05) is 26.3 Å². The highest BCUT2D eigenvalue weighted by Crippen LogP contribution is 2.19. The number of nitrogens with one attached hydrogen (secondary N) is 2. The molecular weight excluding hydrogens is 520 g/mol. The van der Waals surface area contributed by atoms with Gasteiger partial charge in [-0.15, -0.1) is 0 Å². The maximum atomic E-state index is 12.5. The number of hydrogen-bond acceptors (Lipinski definition) is 7. The van der Waals surface area contributed by atoms with Crippen LogP contribution in [0.1, 0.15) is 50.0 Å². The number of carbonyl (C=O) groups excluding carboxylic acids is 3. The first-order valence-corrected chi connectivity index (χ1v) is 13.9. The number of esters is 2. The van der Waals surface area contributed by atoms with Crippen molar-refractivity contribution < 1.29 is 28.6 Å². The highest BCUT2D eigenvalue weighted by atomic mass is 16.6. The van der Waals surface area contributed by atoms with Gasteiger partial charge < -0.3 is 24.8 Å². The molecule has 1 atom stereocenters. The van der Waals surface area contributed by atoms with E-state index in [1.54, 1.807) is 6.92 Å². The molecule has 218 valence electrons. The summed E-state index contributed by atoms with van der Waals surface area (Å²) in [6, 6.07) is 24.3. The van der Waals surface area contributed by atoms with Gasteiger partial charge in [0.1, 0.15) is 24.0 Å². The van der Waals surface area contributed by atoms with Gasteiger partial charge in [-0.25, -0.2) is 0 Å². The van der Waals surface area contributed by atoms with Gasteiger partial charge in [-0.2, -0.15) is 0 Å². The molecule has 0 heterocycles. The van der Waals surface area contributed by atoms with Crippen molar-refractivity contribution in [3.63, 3.8) is 0 Å². The maximum Gasteiger partial charge on any atom is 0.323 e. The summed E-state index contributed by atoms with van der Waals surface area (Å²) in [5, 5.41) is 5.99. The summed E-state index contributed by atoms with van der Waals surface area (Å²) in [6.07, 6.45) is 0.544. The summed E-state index contributed by atoms with van der Waals surface area (Å²) >= 11 is 0. The Morgan fingerprint density at radius 3 is 2.12 bits per heavy atom. The highest BCUT2D eigenvalue weighted by molar-refractivity contribution is 5.94. The first-order valence-electron chi connectivity index (χ1n) is 13.9. The summed E-state index contributed by atoms with van der Waals surface area (Å²) in [5.41, 5.74) is 3.10. The minimum absolute atomic E-state index is 0.148. The van der Waals surface area contributed by atoms with E-state index in [1.807, 2.05) is 99.6 Å². The van der Waals surface area contributed by atoms with Gasteiger partial charge in [-0.3, -0.25) is 14.4 Å². The van der Waals surface area contributed by atoms with E-state index < -0.39 is 11.6 Å².